The van der Waals surface area contributed by atoms with Crippen LogP contribution in [0.2, 0.25) is 0 Å². The molecule has 0 aromatic heterocycles. The first-order valence-corrected chi connectivity index (χ1v) is 7.89. The molecule has 0 aliphatic carbocycles. The number of sulfonamides is 1. The molecule has 6 heteroatoms. The predicted octanol–water partition coefficient (Wildman–Crippen LogP) is 1.29. The minimum Gasteiger partial charge on any atom is -0.352 e. The maximum absolute atomic E-state index is 11.9. The number of nitrogens with zero attached hydrogens (tertiary/aromatic N) is 1. The van der Waals surface area contributed by atoms with Crippen LogP contribution in [0.25, 0.3) is 0 Å². The van der Waals surface area contributed by atoms with Gasteiger partial charge in [0.15, 0.2) is 0 Å². The second kappa shape index (κ2) is 6.06. The Morgan fingerprint density at radius 2 is 1.89 bits per heavy atom. The van der Waals surface area contributed by atoms with Gasteiger partial charge in [0.1, 0.15) is 6.54 Å². The summed E-state index contributed by atoms with van der Waals surface area (Å²) in [5.41, 5.74) is 1.34. The lowest BCUT2D eigenvalue weighted by Crippen LogP contribution is -2.42. The Hall–Kier alpha value is -1.56. The zero-order valence-corrected chi connectivity index (χ0v) is 12.5. The Morgan fingerprint density at radius 3 is 2.37 bits per heavy atom. The van der Waals surface area contributed by atoms with Crippen molar-refractivity contribution in [3.8, 4) is 0 Å². The smallest absolute Gasteiger partial charge is 0.240 e. The summed E-state index contributed by atoms with van der Waals surface area (Å²) < 4.78 is 24.8. The molecule has 1 aromatic carbocycles. The van der Waals surface area contributed by atoms with Crippen LogP contribution >= 0.6 is 0 Å². The summed E-state index contributed by atoms with van der Waals surface area (Å²) in [6.45, 7) is 5.27. The molecule has 0 spiro atoms. The molecular formula is C13H20N2O3S. The van der Waals surface area contributed by atoms with Crippen molar-refractivity contribution in [3.05, 3.63) is 29.8 Å². The fourth-order valence-electron chi connectivity index (χ4n) is 1.72. The van der Waals surface area contributed by atoms with Gasteiger partial charge in [-0.1, -0.05) is 18.2 Å². The average molecular weight is 284 g/mol. The van der Waals surface area contributed by atoms with Crippen LogP contribution in [-0.4, -0.2) is 33.2 Å². The van der Waals surface area contributed by atoms with Crippen LogP contribution in [0.4, 0.5) is 5.69 Å². The molecule has 0 saturated carbocycles. The molecule has 0 radical (unpaired) electrons. The first-order valence-electron chi connectivity index (χ1n) is 6.04. The maximum Gasteiger partial charge on any atom is 0.240 e. The van der Waals surface area contributed by atoms with Crippen molar-refractivity contribution in [3.63, 3.8) is 0 Å². The van der Waals surface area contributed by atoms with E-state index in [0.717, 1.165) is 16.1 Å². The predicted molar refractivity (Wildman–Crippen MR) is 76.6 cm³/mol. The van der Waals surface area contributed by atoms with Crippen LogP contribution < -0.4 is 9.62 Å². The average Bonchev–Trinajstić information content (AvgIpc) is 2.24. The van der Waals surface area contributed by atoms with Gasteiger partial charge in [0, 0.05) is 6.04 Å². The SMILES string of the molecule is Cc1ccccc1N(CC(=O)NC(C)C)S(C)(=O)=O. The van der Waals surface area contributed by atoms with E-state index in [1.807, 2.05) is 32.9 Å². The summed E-state index contributed by atoms with van der Waals surface area (Å²) in [5, 5.41) is 2.69. The second-order valence-electron chi connectivity index (χ2n) is 4.78. The van der Waals surface area contributed by atoms with Crippen LogP contribution in [0.5, 0.6) is 0 Å². The number of benzene rings is 1. The molecule has 0 atom stereocenters. The molecule has 1 rings (SSSR count). The number of nitrogens with one attached hydrogen (secondary N) is 1. The van der Waals surface area contributed by atoms with Crippen molar-refractivity contribution < 1.29 is 13.2 Å². The summed E-state index contributed by atoms with van der Waals surface area (Å²) in [4.78, 5) is 11.8. The lowest BCUT2D eigenvalue weighted by molar-refractivity contribution is -0.120. The van der Waals surface area contributed by atoms with E-state index in [2.05, 4.69) is 5.32 Å². The van der Waals surface area contributed by atoms with Crippen molar-refractivity contribution in [2.45, 2.75) is 26.8 Å². The monoisotopic (exact) mass is 284 g/mol. The van der Waals surface area contributed by atoms with Crippen molar-refractivity contribution in [2.24, 2.45) is 0 Å². The van der Waals surface area contributed by atoms with Crippen LogP contribution in [0.3, 0.4) is 0 Å². The van der Waals surface area contributed by atoms with Crippen molar-refractivity contribution in [2.75, 3.05) is 17.1 Å². The van der Waals surface area contributed by atoms with E-state index in [4.69, 9.17) is 0 Å². The molecule has 106 valence electrons. The van der Waals surface area contributed by atoms with E-state index in [0.29, 0.717) is 5.69 Å². The van der Waals surface area contributed by atoms with Gasteiger partial charge in [0.05, 0.1) is 11.9 Å². The number of anilines is 1. The van der Waals surface area contributed by atoms with Gasteiger partial charge < -0.3 is 5.32 Å². The first-order chi connectivity index (χ1) is 8.71. The highest BCUT2D eigenvalue weighted by molar-refractivity contribution is 7.92. The van der Waals surface area contributed by atoms with E-state index in [-0.39, 0.29) is 18.5 Å². The summed E-state index contributed by atoms with van der Waals surface area (Å²) in [6, 6.07) is 7.06. The third kappa shape index (κ3) is 4.55. The van der Waals surface area contributed by atoms with E-state index in [1.54, 1.807) is 12.1 Å². The molecule has 0 aliphatic rings. The molecule has 0 unspecified atom stereocenters. The Morgan fingerprint density at radius 1 is 1.32 bits per heavy atom. The Kier molecular flexibility index (Phi) is 4.94. The highest BCUT2D eigenvalue weighted by Crippen LogP contribution is 2.21. The van der Waals surface area contributed by atoms with Gasteiger partial charge >= 0.3 is 0 Å². The molecule has 1 amide bonds. The zero-order chi connectivity index (χ0) is 14.6. The van der Waals surface area contributed by atoms with Crippen LogP contribution in [0, 0.1) is 6.92 Å². The third-order valence-electron chi connectivity index (χ3n) is 2.52. The number of hydrogen-bond acceptors (Lipinski definition) is 3. The number of carbonyl (C=O) groups excluding carboxylic acids is 1. The first kappa shape index (κ1) is 15.5. The molecule has 0 fully saturated rings. The quantitative estimate of drug-likeness (QED) is 0.886. The molecule has 1 N–H and O–H groups in total. The summed E-state index contributed by atoms with van der Waals surface area (Å²) in [5.74, 6) is -0.316. The molecule has 0 aliphatic heterocycles. The third-order valence-corrected chi connectivity index (χ3v) is 3.65. The van der Waals surface area contributed by atoms with Gasteiger partial charge in [-0.3, -0.25) is 9.10 Å². The number of carbonyl (C=O) groups is 1. The highest BCUT2D eigenvalue weighted by atomic mass is 32.2. The largest absolute Gasteiger partial charge is 0.352 e. The number of para-hydroxylation sites is 1. The zero-order valence-electron chi connectivity index (χ0n) is 11.7. The summed E-state index contributed by atoms with van der Waals surface area (Å²) in [6.07, 6.45) is 1.10. The lowest BCUT2D eigenvalue weighted by atomic mass is 10.2. The molecule has 19 heavy (non-hydrogen) atoms. The minimum atomic E-state index is -3.50. The number of hydrogen-bond donors (Lipinski definition) is 1. The van der Waals surface area contributed by atoms with E-state index >= 15 is 0 Å². The van der Waals surface area contributed by atoms with Gasteiger partial charge in [-0.15, -0.1) is 0 Å². The van der Waals surface area contributed by atoms with Gasteiger partial charge in [0.2, 0.25) is 15.9 Å². The maximum atomic E-state index is 11.9. The van der Waals surface area contributed by atoms with Crippen LogP contribution in [-0.2, 0) is 14.8 Å². The number of amides is 1. The van der Waals surface area contributed by atoms with Crippen LogP contribution in [0.1, 0.15) is 19.4 Å². The topological polar surface area (TPSA) is 66.5 Å². The Bertz CT molecular complexity index is 553. The van der Waals surface area contributed by atoms with Gasteiger partial charge in [-0.25, -0.2) is 8.42 Å². The second-order valence-corrected chi connectivity index (χ2v) is 6.69. The normalized spacial score (nSPS) is 11.4. The van der Waals surface area contributed by atoms with Gasteiger partial charge in [-0.05, 0) is 32.4 Å². The highest BCUT2D eigenvalue weighted by Gasteiger charge is 2.22. The fourth-order valence-corrected chi connectivity index (χ4v) is 2.64. The molecule has 5 nitrogen and oxygen atoms in total. The van der Waals surface area contributed by atoms with E-state index < -0.39 is 10.0 Å². The minimum absolute atomic E-state index is 0.0224. The Balaban J connectivity index is 3.05. The summed E-state index contributed by atoms with van der Waals surface area (Å²) >= 11 is 0. The summed E-state index contributed by atoms with van der Waals surface area (Å²) in [7, 11) is -3.50. The van der Waals surface area contributed by atoms with Gasteiger partial charge in [0.25, 0.3) is 0 Å². The number of rotatable bonds is 5. The fraction of sp³-hybridized carbons (Fsp3) is 0.462. The van der Waals surface area contributed by atoms with Crippen LogP contribution in [0.15, 0.2) is 24.3 Å². The molecule has 0 saturated heterocycles. The molecule has 0 heterocycles. The lowest BCUT2D eigenvalue weighted by Gasteiger charge is -2.24. The Labute approximate surface area is 114 Å². The standard InChI is InChI=1S/C13H20N2O3S/c1-10(2)14-13(16)9-15(19(4,17)18)12-8-6-5-7-11(12)3/h5-8,10H,9H2,1-4H3,(H,14,16). The molecular weight excluding hydrogens is 264 g/mol. The van der Waals surface area contributed by atoms with Crippen molar-refractivity contribution >= 4 is 21.6 Å². The molecule has 0 bridgehead atoms. The van der Waals surface area contributed by atoms with Gasteiger partial charge in [-0.2, -0.15) is 0 Å². The number of aryl methyl sites for hydroxylation is 1. The van der Waals surface area contributed by atoms with Crippen molar-refractivity contribution in [1.29, 1.82) is 0 Å². The van der Waals surface area contributed by atoms with E-state index in [1.165, 1.54) is 0 Å². The molecule has 1 aromatic rings. The van der Waals surface area contributed by atoms with Crippen molar-refractivity contribution in [1.82, 2.24) is 5.32 Å². The van der Waals surface area contributed by atoms with E-state index in [9.17, 15) is 13.2 Å².